The van der Waals surface area contributed by atoms with Crippen LogP contribution in [0, 0.1) is 12.7 Å². The van der Waals surface area contributed by atoms with Gasteiger partial charge in [0.15, 0.2) is 15.5 Å². The average Bonchev–Trinajstić information content (AvgIpc) is 2.99. The van der Waals surface area contributed by atoms with Gasteiger partial charge in [-0.25, -0.2) is 17.5 Å². The fourth-order valence-corrected chi connectivity index (χ4v) is 3.37. The molecule has 0 fully saturated rings. The van der Waals surface area contributed by atoms with Crippen molar-refractivity contribution in [2.24, 2.45) is 0 Å². The average molecular weight is 398 g/mol. The molecular weight excluding hydrogens is 384 g/mol. The highest BCUT2D eigenvalue weighted by molar-refractivity contribution is 7.90. The van der Waals surface area contributed by atoms with Crippen molar-refractivity contribution in [3.05, 3.63) is 65.6 Å². The van der Waals surface area contributed by atoms with Gasteiger partial charge in [-0.05, 0) is 42.8 Å². The molecule has 0 atom stereocenters. The zero-order valence-corrected chi connectivity index (χ0v) is 15.1. The Morgan fingerprint density at radius 2 is 1.74 bits per heavy atom. The third-order valence-corrected chi connectivity index (χ3v) is 5.00. The van der Waals surface area contributed by atoms with Gasteiger partial charge in [-0.3, -0.25) is 0 Å². The number of aryl methyl sites for hydroxylation is 1. The monoisotopic (exact) mass is 398 g/mol. The van der Waals surface area contributed by atoms with Gasteiger partial charge in [0.1, 0.15) is 10.7 Å². The Kier molecular flexibility index (Phi) is 4.59. The van der Waals surface area contributed by atoms with Gasteiger partial charge >= 0.3 is 6.18 Å². The summed E-state index contributed by atoms with van der Waals surface area (Å²) in [5, 5.41) is 3.62. The quantitative estimate of drug-likeness (QED) is 0.614. The lowest BCUT2D eigenvalue weighted by atomic mass is 10.1. The number of benzene rings is 2. The first-order valence-corrected chi connectivity index (χ1v) is 9.60. The molecular formula is C18H14F4N2O2S. The molecule has 2 aromatic carbocycles. The smallest absolute Gasteiger partial charge is 0.232 e. The van der Waals surface area contributed by atoms with E-state index in [1.807, 2.05) is 0 Å². The van der Waals surface area contributed by atoms with Crippen LogP contribution in [-0.2, 0) is 16.0 Å². The summed E-state index contributed by atoms with van der Waals surface area (Å²) in [5.74, 6) is -1.04. The zero-order chi connectivity index (χ0) is 20.0. The molecule has 0 unspecified atom stereocenters. The molecule has 27 heavy (non-hydrogen) atoms. The number of aromatic nitrogens is 2. The molecule has 9 heteroatoms. The van der Waals surface area contributed by atoms with E-state index >= 15 is 0 Å². The Labute approximate surface area is 153 Å². The summed E-state index contributed by atoms with van der Waals surface area (Å²) in [4.78, 5) is -0.524. The van der Waals surface area contributed by atoms with Crippen molar-refractivity contribution in [1.29, 1.82) is 0 Å². The maximum atomic E-state index is 14.2. The topological polar surface area (TPSA) is 52.0 Å². The molecule has 0 radical (unpaired) electrons. The largest absolute Gasteiger partial charge is 0.435 e. The molecule has 0 amide bonds. The van der Waals surface area contributed by atoms with Gasteiger partial charge in [0.2, 0.25) is 0 Å². The van der Waals surface area contributed by atoms with E-state index in [1.54, 1.807) is 31.2 Å². The van der Waals surface area contributed by atoms with E-state index in [9.17, 15) is 26.0 Å². The lowest BCUT2D eigenvalue weighted by Gasteiger charge is -2.09. The maximum absolute atomic E-state index is 14.2. The number of rotatable bonds is 3. The van der Waals surface area contributed by atoms with Gasteiger partial charge in [0, 0.05) is 11.8 Å². The second-order valence-corrected chi connectivity index (χ2v) is 8.06. The van der Waals surface area contributed by atoms with Gasteiger partial charge in [-0.2, -0.15) is 18.3 Å². The predicted octanol–water partition coefficient (Wildman–Crippen LogP) is 4.41. The van der Waals surface area contributed by atoms with E-state index in [4.69, 9.17) is 0 Å². The van der Waals surface area contributed by atoms with Crippen LogP contribution in [0.3, 0.4) is 0 Å². The van der Waals surface area contributed by atoms with Crippen molar-refractivity contribution in [2.45, 2.75) is 18.0 Å². The van der Waals surface area contributed by atoms with Crippen LogP contribution in [0.5, 0.6) is 0 Å². The first-order chi connectivity index (χ1) is 12.5. The number of hydrogen-bond acceptors (Lipinski definition) is 3. The summed E-state index contributed by atoms with van der Waals surface area (Å²) >= 11 is 0. The molecule has 1 heterocycles. The molecule has 142 valence electrons. The van der Waals surface area contributed by atoms with Crippen LogP contribution >= 0.6 is 0 Å². The van der Waals surface area contributed by atoms with E-state index in [1.165, 1.54) is 6.07 Å². The highest BCUT2D eigenvalue weighted by atomic mass is 32.2. The van der Waals surface area contributed by atoms with Crippen LogP contribution in [-0.4, -0.2) is 24.5 Å². The van der Waals surface area contributed by atoms with Crippen LogP contribution in [0.25, 0.3) is 16.9 Å². The van der Waals surface area contributed by atoms with E-state index in [0.717, 1.165) is 34.7 Å². The van der Waals surface area contributed by atoms with E-state index in [2.05, 4.69) is 5.10 Å². The van der Waals surface area contributed by atoms with Gasteiger partial charge in [0.25, 0.3) is 0 Å². The predicted molar refractivity (Wildman–Crippen MR) is 91.8 cm³/mol. The molecule has 0 saturated carbocycles. The van der Waals surface area contributed by atoms with E-state index in [-0.39, 0.29) is 11.3 Å². The van der Waals surface area contributed by atoms with Gasteiger partial charge in [-0.15, -0.1) is 0 Å². The van der Waals surface area contributed by atoms with Crippen LogP contribution in [0.2, 0.25) is 0 Å². The van der Waals surface area contributed by atoms with Gasteiger partial charge in [0.05, 0.1) is 11.4 Å². The van der Waals surface area contributed by atoms with Crippen LogP contribution < -0.4 is 0 Å². The number of alkyl halides is 3. The van der Waals surface area contributed by atoms with Gasteiger partial charge in [-0.1, -0.05) is 18.2 Å². The highest BCUT2D eigenvalue weighted by Crippen LogP contribution is 2.34. The van der Waals surface area contributed by atoms with Gasteiger partial charge < -0.3 is 0 Å². The first kappa shape index (κ1) is 19.1. The van der Waals surface area contributed by atoms with Crippen LogP contribution in [0.15, 0.2) is 53.4 Å². The minimum atomic E-state index is -4.69. The summed E-state index contributed by atoms with van der Waals surface area (Å²) in [6, 6.07) is 10.6. The Morgan fingerprint density at radius 1 is 1.04 bits per heavy atom. The van der Waals surface area contributed by atoms with Crippen molar-refractivity contribution in [1.82, 2.24) is 9.78 Å². The first-order valence-electron chi connectivity index (χ1n) is 7.71. The molecule has 3 rings (SSSR count). The molecule has 0 bridgehead atoms. The molecule has 4 nitrogen and oxygen atoms in total. The molecule has 0 saturated heterocycles. The molecule has 1 aromatic heterocycles. The minimum Gasteiger partial charge on any atom is -0.232 e. The molecule has 0 spiro atoms. The third kappa shape index (κ3) is 3.87. The summed E-state index contributed by atoms with van der Waals surface area (Å²) in [5.41, 5.74) is 0.108. The Hall–Kier alpha value is -2.68. The normalized spacial score (nSPS) is 12.4. The molecule has 0 N–H and O–H groups in total. The van der Waals surface area contributed by atoms with Crippen molar-refractivity contribution < 1.29 is 26.0 Å². The van der Waals surface area contributed by atoms with Crippen LogP contribution in [0.4, 0.5) is 17.6 Å². The minimum absolute atomic E-state index is 0.00752. The molecule has 0 aliphatic heterocycles. The molecule has 0 aliphatic carbocycles. The number of nitrogens with zero attached hydrogens (tertiary/aromatic N) is 2. The third-order valence-electron chi connectivity index (χ3n) is 3.87. The number of hydrogen-bond donors (Lipinski definition) is 0. The highest BCUT2D eigenvalue weighted by Gasteiger charge is 2.35. The SMILES string of the molecule is Cc1cccc(-n2nc(C(F)(F)F)cc2-c2ccc(S(C)(=O)=O)c(F)c2)c1. The number of sulfone groups is 1. The Morgan fingerprint density at radius 3 is 2.30 bits per heavy atom. The Balaban J connectivity index is 2.23. The van der Waals surface area contributed by atoms with Crippen molar-refractivity contribution in [2.75, 3.05) is 6.26 Å². The summed E-state index contributed by atoms with van der Waals surface area (Å²) in [7, 11) is -3.80. The maximum Gasteiger partial charge on any atom is 0.435 e. The van der Waals surface area contributed by atoms with Crippen molar-refractivity contribution in [3.63, 3.8) is 0 Å². The summed E-state index contributed by atoms with van der Waals surface area (Å²) < 4.78 is 77.9. The lowest BCUT2D eigenvalue weighted by Crippen LogP contribution is -2.07. The second-order valence-electron chi connectivity index (χ2n) is 6.08. The fraction of sp³-hybridized carbons (Fsp3) is 0.167. The van der Waals surface area contributed by atoms with E-state index in [0.29, 0.717) is 5.69 Å². The molecule has 3 aromatic rings. The number of halogens is 4. The van der Waals surface area contributed by atoms with E-state index < -0.39 is 32.4 Å². The lowest BCUT2D eigenvalue weighted by molar-refractivity contribution is -0.141. The fourth-order valence-electron chi connectivity index (χ4n) is 2.64. The Bertz CT molecular complexity index is 1120. The van der Waals surface area contributed by atoms with Crippen molar-refractivity contribution >= 4 is 9.84 Å². The summed E-state index contributed by atoms with van der Waals surface area (Å²) in [6.07, 6.45) is -3.83. The van der Waals surface area contributed by atoms with Crippen LogP contribution in [0.1, 0.15) is 11.3 Å². The zero-order valence-electron chi connectivity index (χ0n) is 14.2. The second kappa shape index (κ2) is 6.49. The van der Waals surface area contributed by atoms with Crippen molar-refractivity contribution in [3.8, 4) is 16.9 Å². The summed E-state index contributed by atoms with van der Waals surface area (Å²) in [6.45, 7) is 1.78. The standard InChI is InChI=1S/C18H14F4N2O2S/c1-11-4-3-5-13(8-11)24-15(10-17(23-24)18(20,21)22)12-6-7-16(14(19)9-12)27(2,25)26/h3-10H,1-2H3. The molecule has 0 aliphatic rings.